The van der Waals surface area contributed by atoms with Gasteiger partial charge in [-0.1, -0.05) is 13.0 Å². The molecule has 0 bridgehead atoms. The van der Waals surface area contributed by atoms with Gasteiger partial charge in [0.15, 0.2) is 5.78 Å². The number of carbonyl (C=O) groups is 1. The summed E-state index contributed by atoms with van der Waals surface area (Å²) in [6.45, 7) is 7.99. The van der Waals surface area contributed by atoms with Crippen LogP contribution in [0.5, 0.6) is 0 Å². The molecular weight excluding hydrogens is 172 g/mol. The molecule has 0 atom stereocenters. The van der Waals surface area contributed by atoms with E-state index in [0.29, 0.717) is 6.42 Å². The maximum atomic E-state index is 11.8. The van der Waals surface area contributed by atoms with E-state index in [4.69, 9.17) is 0 Å². The fourth-order valence-electron chi connectivity index (χ4n) is 1.87. The molecule has 0 unspecified atom stereocenters. The van der Waals surface area contributed by atoms with E-state index in [1.54, 1.807) is 0 Å². The van der Waals surface area contributed by atoms with Gasteiger partial charge in [-0.3, -0.25) is 4.79 Å². The molecule has 0 saturated heterocycles. The van der Waals surface area contributed by atoms with Gasteiger partial charge in [0.1, 0.15) is 0 Å². The highest BCUT2D eigenvalue weighted by molar-refractivity contribution is 5.98. The summed E-state index contributed by atoms with van der Waals surface area (Å²) in [6.07, 6.45) is 1.55. The Morgan fingerprint density at radius 3 is 2.50 bits per heavy atom. The van der Waals surface area contributed by atoms with Gasteiger partial charge in [0.05, 0.1) is 0 Å². The van der Waals surface area contributed by atoms with Crippen molar-refractivity contribution in [2.45, 2.75) is 40.5 Å². The molecule has 14 heavy (non-hydrogen) atoms. The second kappa shape index (κ2) is 4.41. The van der Waals surface area contributed by atoms with E-state index in [1.165, 1.54) is 0 Å². The van der Waals surface area contributed by atoms with Gasteiger partial charge in [0, 0.05) is 12.0 Å². The van der Waals surface area contributed by atoms with E-state index < -0.39 is 0 Å². The van der Waals surface area contributed by atoms with Crippen LogP contribution in [0.4, 0.5) is 0 Å². The second-order valence-corrected chi connectivity index (χ2v) is 3.81. The Bertz CT molecular complexity index is 327. The minimum atomic E-state index is 0.249. The molecule has 75 valence electrons. The maximum absolute atomic E-state index is 11.8. The summed E-state index contributed by atoms with van der Waals surface area (Å²) in [5, 5.41) is 0. The first-order valence-electron chi connectivity index (χ1n) is 5.09. The van der Waals surface area contributed by atoms with Crippen LogP contribution < -0.4 is 0 Å². The number of hydrogen-bond acceptors (Lipinski definition) is 1. The van der Waals surface area contributed by atoms with E-state index in [-0.39, 0.29) is 5.78 Å². The zero-order valence-electron chi connectivity index (χ0n) is 9.40. The largest absolute Gasteiger partial charge is 0.294 e. The monoisotopic (exact) mass is 189 g/mol. The number of hydrogen-bond donors (Lipinski definition) is 0. The summed E-state index contributed by atoms with van der Waals surface area (Å²) in [4.78, 5) is 11.8. The molecule has 0 aliphatic carbocycles. The van der Waals surface area contributed by atoms with E-state index in [1.807, 2.05) is 33.8 Å². The van der Waals surface area contributed by atoms with Crippen LogP contribution in [0, 0.1) is 26.8 Å². The Labute approximate surface area is 86.1 Å². The Morgan fingerprint density at radius 1 is 1.36 bits per heavy atom. The molecule has 0 N–H and O–H groups in total. The molecule has 0 spiro atoms. The van der Waals surface area contributed by atoms with E-state index in [2.05, 4.69) is 6.07 Å². The number of ketones is 1. The zero-order chi connectivity index (χ0) is 10.7. The molecule has 0 fully saturated rings. The van der Waals surface area contributed by atoms with Crippen molar-refractivity contribution in [3.8, 4) is 0 Å². The van der Waals surface area contributed by atoms with Crippen LogP contribution in [0.2, 0.25) is 0 Å². The summed E-state index contributed by atoms with van der Waals surface area (Å²) in [5.41, 5.74) is 4.05. The third kappa shape index (κ3) is 2.22. The zero-order valence-corrected chi connectivity index (χ0v) is 9.40. The van der Waals surface area contributed by atoms with Gasteiger partial charge < -0.3 is 0 Å². The molecule has 0 amide bonds. The van der Waals surface area contributed by atoms with Crippen LogP contribution in [0.25, 0.3) is 0 Å². The molecule has 1 aromatic carbocycles. The number of carbonyl (C=O) groups excluding carboxylic acids is 1. The van der Waals surface area contributed by atoms with Gasteiger partial charge in [-0.15, -0.1) is 0 Å². The van der Waals surface area contributed by atoms with E-state index >= 15 is 0 Å². The third-order valence-electron chi connectivity index (χ3n) is 2.34. The highest BCUT2D eigenvalue weighted by Gasteiger charge is 2.11. The quantitative estimate of drug-likeness (QED) is 0.666. The fourth-order valence-corrected chi connectivity index (χ4v) is 1.87. The lowest BCUT2D eigenvalue weighted by Crippen LogP contribution is -2.04. The first kappa shape index (κ1) is 11.0. The van der Waals surface area contributed by atoms with Crippen LogP contribution >= 0.6 is 0 Å². The van der Waals surface area contributed by atoms with Crippen LogP contribution in [-0.4, -0.2) is 5.78 Å². The maximum Gasteiger partial charge on any atom is 0.163 e. The normalized spacial score (nSPS) is 10.3. The van der Waals surface area contributed by atoms with Crippen molar-refractivity contribution < 1.29 is 4.79 Å². The van der Waals surface area contributed by atoms with Crippen molar-refractivity contribution in [1.29, 1.82) is 0 Å². The summed E-state index contributed by atoms with van der Waals surface area (Å²) in [7, 11) is 0. The molecule has 1 nitrogen and oxygen atoms in total. The molecule has 0 heterocycles. The predicted molar refractivity (Wildman–Crippen MR) is 58.7 cm³/mol. The number of rotatable bonds is 3. The molecular formula is C13H17O. The van der Waals surface area contributed by atoms with Crippen LogP contribution in [0.15, 0.2) is 6.07 Å². The molecule has 1 heteroatoms. The van der Waals surface area contributed by atoms with E-state index in [9.17, 15) is 4.79 Å². The van der Waals surface area contributed by atoms with Gasteiger partial charge >= 0.3 is 0 Å². The molecule has 0 aromatic heterocycles. The summed E-state index contributed by atoms with van der Waals surface area (Å²) in [5.74, 6) is 0.249. The van der Waals surface area contributed by atoms with E-state index in [0.717, 1.165) is 28.7 Å². The number of benzene rings is 1. The van der Waals surface area contributed by atoms with Gasteiger partial charge in [-0.2, -0.15) is 0 Å². The van der Waals surface area contributed by atoms with Gasteiger partial charge in [0.2, 0.25) is 0 Å². The highest BCUT2D eigenvalue weighted by Crippen LogP contribution is 2.17. The lowest BCUT2D eigenvalue weighted by atomic mass is 9.95. The smallest absolute Gasteiger partial charge is 0.163 e. The number of Topliss-reactive ketones (excluding diaryl/α,β-unsaturated/α-hetero) is 1. The Morgan fingerprint density at radius 2 is 2.00 bits per heavy atom. The van der Waals surface area contributed by atoms with Crippen molar-refractivity contribution in [1.82, 2.24) is 0 Å². The third-order valence-corrected chi connectivity index (χ3v) is 2.34. The Kier molecular flexibility index (Phi) is 3.45. The molecule has 0 aliphatic rings. The van der Waals surface area contributed by atoms with Crippen LogP contribution in [0.3, 0.4) is 0 Å². The number of aryl methyl sites for hydroxylation is 3. The summed E-state index contributed by atoms with van der Waals surface area (Å²) >= 11 is 0. The summed E-state index contributed by atoms with van der Waals surface area (Å²) < 4.78 is 0. The van der Waals surface area contributed by atoms with Crippen LogP contribution in [0.1, 0.15) is 46.8 Å². The van der Waals surface area contributed by atoms with Crippen LogP contribution in [-0.2, 0) is 0 Å². The Balaban J connectivity index is 3.14. The average Bonchev–Trinajstić information content (AvgIpc) is 2.01. The van der Waals surface area contributed by atoms with Crippen molar-refractivity contribution in [3.63, 3.8) is 0 Å². The SMILES string of the molecule is CCCC(=O)c1c(C)[c]c(C)cc1C. The summed E-state index contributed by atoms with van der Waals surface area (Å²) in [6, 6.07) is 5.22. The van der Waals surface area contributed by atoms with Crippen molar-refractivity contribution >= 4 is 5.78 Å². The highest BCUT2D eigenvalue weighted by atomic mass is 16.1. The standard InChI is InChI=1S/C13H17O/c1-5-6-12(14)13-10(3)7-9(2)8-11(13)4/h7H,5-6H2,1-4H3. The molecule has 1 rings (SSSR count). The van der Waals surface area contributed by atoms with Gasteiger partial charge in [-0.25, -0.2) is 0 Å². The molecule has 1 aromatic rings. The minimum Gasteiger partial charge on any atom is -0.294 e. The predicted octanol–water partition coefficient (Wildman–Crippen LogP) is 3.39. The first-order valence-corrected chi connectivity index (χ1v) is 5.09. The molecule has 0 saturated carbocycles. The van der Waals surface area contributed by atoms with Crippen molar-refractivity contribution in [3.05, 3.63) is 34.4 Å². The minimum absolute atomic E-state index is 0.249. The van der Waals surface area contributed by atoms with Gasteiger partial charge in [0.25, 0.3) is 0 Å². The lowest BCUT2D eigenvalue weighted by molar-refractivity contribution is 0.0980. The average molecular weight is 189 g/mol. The van der Waals surface area contributed by atoms with Gasteiger partial charge in [-0.05, 0) is 49.9 Å². The molecule has 0 aliphatic heterocycles. The topological polar surface area (TPSA) is 17.1 Å². The van der Waals surface area contributed by atoms with Crippen molar-refractivity contribution in [2.24, 2.45) is 0 Å². The first-order chi connectivity index (χ1) is 6.56. The van der Waals surface area contributed by atoms with Crippen molar-refractivity contribution in [2.75, 3.05) is 0 Å². The molecule has 1 radical (unpaired) electrons. The Hall–Kier alpha value is -1.11. The lowest BCUT2D eigenvalue weighted by Gasteiger charge is -2.08. The fraction of sp³-hybridized carbons (Fsp3) is 0.462. The second-order valence-electron chi connectivity index (χ2n) is 3.81.